The molecule has 2 aromatic rings. The van der Waals surface area contributed by atoms with Crippen molar-refractivity contribution in [3.63, 3.8) is 0 Å². The molecule has 0 N–H and O–H groups in total. The Morgan fingerprint density at radius 1 is 1.30 bits per heavy atom. The average molecular weight is 373 g/mol. The van der Waals surface area contributed by atoms with Crippen molar-refractivity contribution in [2.45, 2.75) is 18.8 Å². The molecular weight excluding hydrogens is 355 g/mol. The van der Waals surface area contributed by atoms with Gasteiger partial charge >= 0.3 is 0 Å². The lowest BCUT2D eigenvalue weighted by molar-refractivity contribution is 0.585. The fourth-order valence-corrected chi connectivity index (χ4v) is 3.49. The molecule has 0 saturated heterocycles. The molecule has 0 saturated carbocycles. The van der Waals surface area contributed by atoms with Gasteiger partial charge in [-0.15, -0.1) is 6.58 Å². The van der Waals surface area contributed by atoms with Crippen LogP contribution in [0.1, 0.15) is 18.9 Å². The topological polar surface area (TPSA) is 15.6 Å². The Morgan fingerprint density at radius 3 is 2.74 bits per heavy atom. The van der Waals surface area contributed by atoms with Crippen LogP contribution in [0.2, 0.25) is 0 Å². The number of benzene rings is 2. The predicted molar refractivity (Wildman–Crippen MR) is 97.5 cm³/mol. The first-order chi connectivity index (χ1) is 11.1. The van der Waals surface area contributed by atoms with E-state index in [4.69, 9.17) is 0 Å². The Kier molecular flexibility index (Phi) is 4.35. The number of rotatable bonds is 4. The first-order valence-electron chi connectivity index (χ1n) is 7.51. The second-order valence-corrected chi connectivity index (χ2v) is 6.70. The van der Waals surface area contributed by atoms with Gasteiger partial charge in [-0.1, -0.05) is 52.3 Å². The summed E-state index contributed by atoms with van der Waals surface area (Å²) in [6.45, 7) is 6.51. The average Bonchev–Trinajstić information content (AvgIpc) is 2.89. The molecule has 0 amide bonds. The lowest BCUT2D eigenvalue weighted by atomic mass is 9.74. The van der Waals surface area contributed by atoms with Crippen LogP contribution in [-0.2, 0) is 5.41 Å². The van der Waals surface area contributed by atoms with Gasteiger partial charge in [-0.2, -0.15) is 5.10 Å². The second-order valence-electron chi connectivity index (χ2n) is 5.78. The van der Waals surface area contributed by atoms with Gasteiger partial charge in [0.25, 0.3) is 0 Å². The summed E-state index contributed by atoms with van der Waals surface area (Å²) >= 11 is 3.40. The summed E-state index contributed by atoms with van der Waals surface area (Å²) in [6, 6.07) is 15.2. The number of nitrogens with zero attached hydrogens (tertiary/aromatic N) is 2. The Balaban J connectivity index is 2.04. The molecule has 0 spiro atoms. The lowest BCUT2D eigenvalue weighted by Crippen LogP contribution is -2.37. The quantitative estimate of drug-likeness (QED) is 0.665. The number of hydrogen-bond acceptors (Lipinski definition) is 2. The summed E-state index contributed by atoms with van der Waals surface area (Å²) in [6.07, 6.45) is 2.67. The van der Waals surface area contributed by atoms with Gasteiger partial charge in [0.15, 0.2) is 0 Å². The SMILES string of the molecule is C=CCC1(c2ccccc2)CN(c2cc(Br)ccc2F)N=C1C. The van der Waals surface area contributed by atoms with Crippen LogP contribution < -0.4 is 5.01 Å². The molecule has 0 bridgehead atoms. The molecule has 1 heterocycles. The van der Waals surface area contributed by atoms with Crippen molar-refractivity contribution in [1.82, 2.24) is 0 Å². The summed E-state index contributed by atoms with van der Waals surface area (Å²) < 4.78 is 15.1. The van der Waals surface area contributed by atoms with Gasteiger partial charge < -0.3 is 0 Å². The van der Waals surface area contributed by atoms with Crippen LogP contribution in [0.3, 0.4) is 0 Å². The summed E-state index contributed by atoms with van der Waals surface area (Å²) in [5, 5.41) is 6.41. The fraction of sp³-hybridized carbons (Fsp3) is 0.211. The molecule has 0 radical (unpaired) electrons. The Bertz CT molecular complexity index is 757. The molecule has 2 nitrogen and oxygen atoms in total. The zero-order valence-corrected chi connectivity index (χ0v) is 14.6. The predicted octanol–water partition coefficient (Wildman–Crippen LogP) is 5.30. The van der Waals surface area contributed by atoms with Gasteiger partial charge in [0, 0.05) is 10.2 Å². The van der Waals surface area contributed by atoms with Gasteiger partial charge in [0.1, 0.15) is 5.82 Å². The van der Waals surface area contributed by atoms with E-state index in [-0.39, 0.29) is 11.2 Å². The minimum Gasteiger partial charge on any atom is -0.261 e. The van der Waals surface area contributed by atoms with Crippen molar-refractivity contribution < 1.29 is 4.39 Å². The maximum atomic E-state index is 14.2. The molecule has 2 aromatic carbocycles. The van der Waals surface area contributed by atoms with Crippen molar-refractivity contribution >= 4 is 27.3 Å². The third-order valence-electron chi connectivity index (χ3n) is 4.39. The Morgan fingerprint density at radius 2 is 2.04 bits per heavy atom. The Hall–Kier alpha value is -1.94. The minimum atomic E-state index is -0.271. The highest BCUT2D eigenvalue weighted by Gasteiger charge is 2.41. The van der Waals surface area contributed by atoms with Crippen LogP contribution in [-0.4, -0.2) is 12.3 Å². The van der Waals surface area contributed by atoms with E-state index in [9.17, 15) is 4.39 Å². The van der Waals surface area contributed by atoms with E-state index in [1.807, 2.05) is 31.2 Å². The fourth-order valence-electron chi connectivity index (χ4n) is 3.14. The molecule has 1 unspecified atom stereocenters. The van der Waals surface area contributed by atoms with Gasteiger partial charge in [-0.25, -0.2) is 4.39 Å². The standard InChI is InChI=1S/C19H18BrFN2/c1-3-11-19(15-7-5-4-6-8-15)13-23(22-14(19)2)18-12-16(20)9-10-17(18)21/h3-10,12H,1,11,13H2,2H3. The highest BCUT2D eigenvalue weighted by Crippen LogP contribution is 2.39. The highest BCUT2D eigenvalue weighted by molar-refractivity contribution is 9.10. The van der Waals surface area contributed by atoms with Crippen molar-refractivity contribution in [2.75, 3.05) is 11.6 Å². The van der Waals surface area contributed by atoms with Crippen molar-refractivity contribution in [3.8, 4) is 0 Å². The molecule has 1 aliphatic rings. The molecule has 4 heteroatoms. The largest absolute Gasteiger partial charge is 0.261 e. The van der Waals surface area contributed by atoms with Crippen LogP contribution in [0.4, 0.5) is 10.1 Å². The molecule has 0 aliphatic carbocycles. The van der Waals surface area contributed by atoms with E-state index in [0.717, 1.165) is 16.6 Å². The van der Waals surface area contributed by atoms with Crippen LogP contribution in [0.5, 0.6) is 0 Å². The van der Waals surface area contributed by atoms with Crippen LogP contribution in [0, 0.1) is 5.82 Å². The second kappa shape index (κ2) is 6.28. The first kappa shape index (κ1) is 15.9. The number of hydrazone groups is 1. The zero-order chi connectivity index (χ0) is 16.4. The third-order valence-corrected chi connectivity index (χ3v) is 4.88. The molecule has 0 aromatic heterocycles. The van der Waals surface area contributed by atoms with E-state index in [1.54, 1.807) is 17.1 Å². The van der Waals surface area contributed by atoms with Crippen molar-refractivity contribution in [1.29, 1.82) is 0 Å². The summed E-state index contributed by atoms with van der Waals surface area (Å²) in [4.78, 5) is 0. The van der Waals surface area contributed by atoms with Crippen LogP contribution >= 0.6 is 15.9 Å². The first-order valence-corrected chi connectivity index (χ1v) is 8.31. The molecular formula is C19H18BrFN2. The monoisotopic (exact) mass is 372 g/mol. The van der Waals surface area contributed by atoms with E-state index in [2.05, 4.69) is 39.7 Å². The van der Waals surface area contributed by atoms with Crippen molar-refractivity contribution in [3.05, 3.63) is 77.0 Å². The normalized spacial score (nSPS) is 20.5. The zero-order valence-electron chi connectivity index (χ0n) is 13.0. The lowest BCUT2D eigenvalue weighted by Gasteiger charge is -2.30. The van der Waals surface area contributed by atoms with E-state index < -0.39 is 0 Å². The smallest absolute Gasteiger partial charge is 0.148 e. The minimum absolute atomic E-state index is 0.266. The number of halogens is 2. The molecule has 1 atom stereocenters. The molecule has 3 rings (SSSR count). The van der Waals surface area contributed by atoms with Crippen molar-refractivity contribution in [2.24, 2.45) is 5.10 Å². The Labute approximate surface area is 144 Å². The number of anilines is 1. The van der Waals surface area contributed by atoms with E-state index in [0.29, 0.717) is 12.2 Å². The van der Waals surface area contributed by atoms with Gasteiger partial charge in [0.2, 0.25) is 0 Å². The van der Waals surface area contributed by atoms with Gasteiger partial charge in [-0.05, 0) is 37.1 Å². The molecule has 118 valence electrons. The maximum absolute atomic E-state index is 14.2. The van der Waals surface area contributed by atoms with E-state index in [1.165, 1.54) is 11.6 Å². The summed E-state index contributed by atoms with van der Waals surface area (Å²) in [5.74, 6) is -0.271. The van der Waals surface area contributed by atoms with Gasteiger partial charge in [0.05, 0.1) is 17.6 Å². The molecule has 23 heavy (non-hydrogen) atoms. The summed E-state index contributed by atoms with van der Waals surface area (Å²) in [5.41, 5.74) is 2.38. The highest BCUT2D eigenvalue weighted by atomic mass is 79.9. The van der Waals surface area contributed by atoms with Crippen LogP contribution in [0.25, 0.3) is 0 Å². The van der Waals surface area contributed by atoms with Gasteiger partial charge in [-0.3, -0.25) is 5.01 Å². The number of hydrogen-bond donors (Lipinski definition) is 0. The molecule has 1 aliphatic heterocycles. The van der Waals surface area contributed by atoms with E-state index >= 15 is 0 Å². The summed E-state index contributed by atoms with van der Waals surface area (Å²) in [7, 11) is 0. The molecule has 0 fully saturated rings. The number of allylic oxidation sites excluding steroid dienone is 1. The maximum Gasteiger partial charge on any atom is 0.148 e. The third kappa shape index (κ3) is 2.83. The van der Waals surface area contributed by atoms with Crippen LogP contribution in [0.15, 0.2) is 70.8 Å².